The molecule has 0 aliphatic heterocycles. The molecule has 20 heavy (non-hydrogen) atoms. The van der Waals surface area contributed by atoms with Crippen LogP contribution in [0.25, 0.3) is 0 Å². The van der Waals surface area contributed by atoms with E-state index in [-0.39, 0.29) is 5.56 Å². The molecule has 0 spiro atoms. The molecule has 106 valence electrons. The first-order valence-corrected chi connectivity index (χ1v) is 5.70. The number of alkyl halides is 1. The Morgan fingerprint density at radius 3 is 2.25 bits per heavy atom. The highest BCUT2D eigenvalue weighted by Crippen LogP contribution is 2.40. The number of benzene rings is 1. The number of hydrogen-bond acceptors (Lipinski definition) is 1. The molecule has 0 fully saturated rings. The van der Waals surface area contributed by atoms with Crippen molar-refractivity contribution in [2.45, 2.75) is 13.1 Å². The minimum Gasteiger partial charge on any atom is -0.293 e. The molecule has 0 heterocycles. The zero-order chi connectivity index (χ0) is 15.0. The van der Waals surface area contributed by atoms with Gasteiger partial charge in [-0.2, -0.15) is 0 Å². The lowest BCUT2D eigenvalue weighted by Crippen LogP contribution is -2.30. The van der Waals surface area contributed by atoms with Crippen LogP contribution in [-0.4, -0.2) is 12.0 Å². The molecule has 0 saturated heterocycles. The van der Waals surface area contributed by atoms with E-state index in [0.717, 1.165) is 0 Å². The first kappa shape index (κ1) is 14.4. The number of aryl methyl sites for hydroxylation is 1. The van der Waals surface area contributed by atoms with Crippen LogP contribution in [0.15, 0.2) is 47.6 Å². The van der Waals surface area contributed by atoms with E-state index in [1.165, 1.54) is 18.2 Å². The van der Waals surface area contributed by atoms with Gasteiger partial charge in [0.15, 0.2) is 35.3 Å². The first-order chi connectivity index (χ1) is 9.34. The Hall–Kier alpha value is -1.98. The lowest BCUT2D eigenvalue weighted by Gasteiger charge is -2.21. The minimum atomic E-state index is -2.87. The summed E-state index contributed by atoms with van der Waals surface area (Å²) < 4.78 is 66.3. The molecule has 0 radical (unpaired) electrons. The highest BCUT2D eigenvalue weighted by molar-refractivity contribution is 6.00. The summed E-state index contributed by atoms with van der Waals surface area (Å²) in [5.41, 5.74) is 0.532. The third-order valence-corrected chi connectivity index (χ3v) is 3.00. The SMILES string of the molecule is Cc1cccc(C(=O)C2C(F)=C(F)C(F)=C(F)C2F)c1. The highest BCUT2D eigenvalue weighted by Gasteiger charge is 2.44. The van der Waals surface area contributed by atoms with E-state index in [2.05, 4.69) is 0 Å². The zero-order valence-electron chi connectivity index (χ0n) is 10.3. The second-order valence-electron chi connectivity index (χ2n) is 4.44. The van der Waals surface area contributed by atoms with Gasteiger partial charge in [0, 0.05) is 5.56 Å². The van der Waals surface area contributed by atoms with Crippen molar-refractivity contribution in [1.82, 2.24) is 0 Å². The van der Waals surface area contributed by atoms with Crippen LogP contribution in [0.1, 0.15) is 15.9 Å². The van der Waals surface area contributed by atoms with Gasteiger partial charge < -0.3 is 0 Å². The predicted octanol–water partition coefficient (Wildman–Crippen LogP) is 4.45. The Kier molecular flexibility index (Phi) is 3.74. The molecule has 0 bridgehead atoms. The lowest BCUT2D eigenvalue weighted by molar-refractivity contribution is 0.0842. The summed E-state index contributed by atoms with van der Waals surface area (Å²) >= 11 is 0. The summed E-state index contributed by atoms with van der Waals surface area (Å²) in [6, 6.07) is 5.69. The molecular formula is C14H9F5O. The Labute approximate surface area is 111 Å². The first-order valence-electron chi connectivity index (χ1n) is 5.70. The van der Waals surface area contributed by atoms with Crippen LogP contribution in [-0.2, 0) is 0 Å². The zero-order valence-corrected chi connectivity index (χ0v) is 10.3. The molecule has 2 atom stereocenters. The van der Waals surface area contributed by atoms with Crippen LogP contribution in [0, 0.1) is 12.8 Å². The van der Waals surface area contributed by atoms with Gasteiger partial charge in [-0.15, -0.1) is 0 Å². The van der Waals surface area contributed by atoms with Gasteiger partial charge in [0.2, 0.25) is 0 Å². The monoisotopic (exact) mass is 288 g/mol. The molecule has 0 amide bonds. The Morgan fingerprint density at radius 2 is 1.65 bits per heavy atom. The molecule has 1 aliphatic carbocycles. The predicted molar refractivity (Wildman–Crippen MR) is 62.4 cm³/mol. The molecule has 1 aromatic rings. The normalized spacial score (nSPS) is 23.3. The Morgan fingerprint density at radius 1 is 1.05 bits per heavy atom. The van der Waals surface area contributed by atoms with Crippen molar-refractivity contribution < 1.29 is 26.7 Å². The summed E-state index contributed by atoms with van der Waals surface area (Å²) in [5.74, 6) is -11.9. The van der Waals surface area contributed by atoms with E-state index in [9.17, 15) is 26.7 Å². The molecule has 0 aromatic heterocycles. The third kappa shape index (κ3) is 2.26. The van der Waals surface area contributed by atoms with E-state index >= 15 is 0 Å². The number of rotatable bonds is 2. The molecule has 2 unspecified atom stereocenters. The van der Waals surface area contributed by atoms with Crippen LogP contribution in [0.3, 0.4) is 0 Å². The fourth-order valence-corrected chi connectivity index (χ4v) is 1.97. The summed E-state index contributed by atoms with van der Waals surface area (Å²) in [6.07, 6.45) is -2.87. The lowest BCUT2D eigenvalue weighted by atomic mass is 9.87. The largest absolute Gasteiger partial charge is 0.293 e. The van der Waals surface area contributed by atoms with E-state index in [0.29, 0.717) is 5.56 Å². The Bertz CT molecular complexity index is 632. The maximum atomic E-state index is 13.6. The fourth-order valence-electron chi connectivity index (χ4n) is 1.97. The van der Waals surface area contributed by atoms with Crippen molar-refractivity contribution >= 4 is 5.78 Å². The maximum Gasteiger partial charge on any atom is 0.196 e. The van der Waals surface area contributed by atoms with Gasteiger partial charge in [-0.05, 0) is 13.0 Å². The number of allylic oxidation sites excluding steroid dienone is 4. The summed E-state index contributed by atoms with van der Waals surface area (Å²) in [4.78, 5) is 12.0. The van der Waals surface area contributed by atoms with Gasteiger partial charge in [0.1, 0.15) is 5.92 Å². The number of ketones is 1. The molecule has 1 nitrogen and oxygen atoms in total. The summed E-state index contributed by atoms with van der Waals surface area (Å²) in [7, 11) is 0. The standard InChI is InChI=1S/C14H9F5O/c1-6-3-2-4-7(5-6)14(20)8-9(15)11(17)13(19)12(18)10(8)16/h2-5,8-9H,1H3. The van der Waals surface area contributed by atoms with Gasteiger partial charge in [-0.3, -0.25) is 4.79 Å². The molecule has 0 saturated carbocycles. The summed E-state index contributed by atoms with van der Waals surface area (Å²) in [5, 5.41) is 0. The van der Waals surface area contributed by atoms with Crippen molar-refractivity contribution in [2.75, 3.05) is 0 Å². The second-order valence-corrected chi connectivity index (χ2v) is 4.44. The maximum absolute atomic E-state index is 13.6. The number of carbonyl (C=O) groups is 1. The van der Waals surface area contributed by atoms with Crippen molar-refractivity contribution in [3.8, 4) is 0 Å². The number of carbonyl (C=O) groups excluding carboxylic acids is 1. The van der Waals surface area contributed by atoms with E-state index in [4.69, 9.17) is 0 Å². The van der Waals surface area contributed by atoms with Crippen LogP contribution < -0.4 is 0 Å². The quantitative estimate of drug-likeness (QED) is 0.580. The van der Waals surface area contributed by atoms with Crippen molar-refractivity contribution in [1.29, 1.82) is 0 Å². The van der Waals surface area contributed by atoms with Gasteiger partial charge in [-0.1, -0.05) is 23.8 Å². The topological polar surface area (TPSA) is 17.1 Å². The van der Waals surface area contributed by atoms with Crippen LogP contribution >= 0.6 is 0 Å². The van der Waals surface area contributed by atoms with Crippen molar-refractivity contribution in [3.05, 3.63) is 58.7 Å². The van der Waals surface area contributed by atoms with Gasteiger partial charge in [0.25, 0.3) is 0 Å². The molecular weight excluding hydrogens is 279 g/mol. The van der Waals surface area contributed by atoms with Gasteiger partial charge in [-0.25, -0.2) is 22.0 Å². The number of halogens is 5. The van der Waals surface area contributed by atoms with Crippen LogP contribution in [0.4, 0.5) is 22.0 Å². The molecule has 6 heteroatoms. The average Bonchev–Trinajstić information content (AvgIpc) is 2.43. The number of Topliss-reactive ketones (excluding diaryl/α,β-unsaturated/α-hetero) is 1. The smallest absolute Gasteiger partial charge is 0.196 e. The van der Waals surface area contributed by atoms with Gasteiger partial charge >= 0.3 is 0 Å². The minimum absolute atomic E-state index is 0.101. The van der Waals surface area contributed by atoms with Crippen LogP contribution in [0.5, 0.6) is 0 Å². The average molecular weight is 288 g/mol. The molecule has 2 rings (SSSR count). The van der Waals surface area contributed by atoms with E-state index in [1.807, 2.05) is 0 Å². The highest BCUT2D eigenvalue weighted by atomic mass is 19.2. The van der Waals surface area contributed by atoms with E-state index in [1.54, 1.807) is 13.0 Å². The van der Waals surface area contributed by atoms with Crippen LogP contribution in [0.2, 0.25) is 0 Å². The third-order valence-electron chi connectivity index (χ3n) is 3.00. The van der Waals surface area contributed by atoms with Crippen molar-refractivity contribution in [2.24, 2.45) is 5.92 Å². The summed E-state index contributed by atoms with van der Waals surface area (Å²) in [6.45, 7) is 1.64. The Balaban J connectivity index is 2.46. The fraction of sp³-hybridized carbons (Fsp3) is 0.214. The molecule has 0 N–H and O–H groups in total. The molecule has 1 aliphatic rings. The van der Waals surface area contributed by atoms with E-state index < -0.39 is 41.2 Å². The second kappa shape index (κ2) is 5.19. The molecule has 1 aromatic carbocycles. The van der Waals surface area contributed by atoms with Crippen molar-refractivity contribution in [3.63, 3.8) is 0 Å². The number of hydrogen-bond donors (Lipinski definition) is 0. The van der Waals surface area contributed by atoms with Gasteiger partial charge in [0.05, 0.1) is 0 Å².